The Labute approximate surface area is 121 Å². The summed E-state index contributed by atoms with van der Waals surface area (Å²) in [7, 11) is 0. The lowest BCUT2D eigenvalue weighted by Gasteiger charge is -2.22. The standard InChI is InChI=1S/C17H25NO2/c1-17(2,3)11-13(18)10-16(19)12-5-4-6-15(9-12)20-14-7-8-14/h4-6,9,13-14H,7-8,10-11,18H2,1-3H3. The van der Waals surface area contributed by atoms with E-state index in [-0.39, 0.29) is 17.2 Å². The van der Waals surface area contributed by atoms with E-state index in [0.29, 0.717) is 18.1 Å². The second-order valence-electron chi connectivity index (χ2n) is 7.00. The molecule has 1 aromatic rings. The van der Waals surface area contributed by atoms with Gasteiger partial charge in [-0.15, -0.1) is 0 Å². The number of ether oxygens (including phenoxy) is 1. The molecule has 1 fully saturated rings. The topological polar surface area (TPSA) is 52.3 Å². The van der Waals surface area contributed by atoms with Crippen LogP contribution in [0, 0.1) is 5.41 Å². The first kappa shape index (κ1) is 15.0. The molecule has 3 heteroatoms. The Bertz CT molecular complexity index is 472. The second-order valence-corrected chi connectivity index (χ2v) is 7.00. The van der Waals surface area contributed by atoms with Crippen molar-refractivity contribution in [1.29, 1.82) is 0 Å². The van der Waals surface area contributed by atoms with Gasteiger partial charge in [0.1, 0.15) is 5.75 Å². The van der Waals surface area contributed by atoms with Crippen molar-refractivity contribution >= 4 is 5.78 Å². The first-order chi connectivity index (χ1) is 9.33. The van der Waals surface area contributed by atoms with Gasteiger partial charge >= 0.3 is 0 Å². The van der Waals surface area contributed by atoms with Gasteiger partial charge in [-0.25, -0.2) is 0 Å². The third-order valence-corrected chi connectivity index (χ3v) is 3.31. The molecule has 0 saturated heterocycles. The Morgan fingerprint density at radius 1 is 1.40 bits per heavy atom. The predicted octanol–water partition coefficient (Wildman–Crippen LogP) is 3.56. The van der Waals surface area contributed by atoms with Gasteiger partial charge in [-0.2, -0.15) is 0 Å². The normalized spacial score (nSPS) is 16.8. The highest BCUT2D eigenvalue weighted by Gasteiger charge is 2.24. The highest BCUT2D eigenvalue weighted by atomic mass is 16.5. The van der Waals surface area contributed by atoms with Crippen molar-refractivity contribution in [2.75, 3.05) is 0 Å². The molecule has 20 heavy (non-hydrogen) atoms. The highest BCUT2D eigenvalue weighted by Crippen LogP contribution is 2.27. The van der Waals surface area contributed by atoms with E-state index in [1.165, 1.54) is 0 Å². The molecular weight excluding hydrogens is 250 g/mol. The summed E-state index contributed by atoms with van der Waals surface area (Å²) in [4.78, 5) is 12.3. The van der Waals surface area contributed by atoms with Crippen molar-refractivity contribution in [3.63, 3.8) is 0 Å². The van der Waals surface area contributed by atoms with Gasteiger partial charge in [0.2, 0.25) is 0 Å². The van der Waals surface area contributed by atoms with Crippen LogP contribution in [0.2, 0.25) is 0 Å². The minimum Gasteiger partial charge on any atom is -0.490 e. The first-order valence-electron chi connectivity index (χ1n) is 7.39. The average molecular weight is 275 g/mol. The molecule has 1 aromatic carbocycles. The van der Waals surface area contributed by atoms with Gasteiger partial charge in [0.05, 0.1) is 6.10 Å². The Morgan fingerprint density at radius 2 is 2.10 bits per heavy atom. The summed E-state index contributed by atoms with van der Waals surface area (Å²) in [6.45, 7) is 6.42. The smallest absolute Gasteiger partial charge is 0.164 e. The third-order valence-electron chi connectivity index (χ3n) is 3.31. The van der Waals surface area contributed by atoms with Crippen LogP contribution in [0.4, 0.5) is 0 Å². The number of carbonyl (C=O) groups excluding carboxylic acids is 1. The predicted molar refractivity (Wildman–Crippen MR) is 81.1 cm³/mol. The molecule has 110 valence electrons. The zero-order chi connectivity index (χ0) is 14.8. The second kappa shape index (κ2) is 5.96. The quantitative estimate of drug-likeness (QED) is 0.808. The molecule has 3 nitrogen and oxygen atoms in total. The van der Waals surface area contributed by atoms with Crippen molar-refractivity contribution in [3.05, 3.63) is 29.8 Å². The summed E-state index contributed by atoms with van der Waals surface area (Å²) >= 11 is 0. The van der Waals surface area contributed by atoms with Crippen molar-refractivity contribution in [1.82, 2.24) is 0 Å². The van der Waals surface area contributed by atoms with Gasteiger partial charge in [-0.1, -0.05) is 32.9 Å². The molecule has 1 atom stereocenters. The zero-order valence-corrected chi connectivity index (χ0v) is 12.7. The molecular formula is C17H25NO2. The fourth-order valence-electron chi connectivity index (χ4n) is 2.34. The maximum atomic E-state index is 12.3. The van der Waals surface area contributed by atoms with Gasteiger partial charge in [-0.3, -0.25) is 4.79 Å². The summed E-state index contributed by atoms with van der Waals surface area (Å²) < 4.78 is 5.72. The fourth-order valence-corrected chi connectivity index (χ4v) is 2.34. The minimum atomic E-state index is -0.0875. The molecule has 0 aliphatic heterocycles. The number of rotatable bonds is 6. The van der Waals surface area contributed by atoms with Crippen molar-refractivity contribution < 1.29 is 9.53 Å². The Kier molecular flexibility index (Phi) is 4.48. The molecule has 0 spiro atoms. The first-order valence-corrected chi connectivity index (χ1v) is 7.39. The molecule has 1 aliphatic rings. The summed E-state index contributed by atoms with van der Waals surface area (Å²) in [6, 6.07) is 7.37. The largest absolute Gasteiger partial charge is 0.490 e. The number of ketones is 1. The number of hydrogen-bond donors (Lipinski definition) is 1. The molecule has 2 rings (SSSR count). The summed E-state index contributed by atoms with van der Waals surface area (Å²) in [6.07, 6.45) is 3.83. The molecule has 0 radical (unpaired) electrons. The minimum absolute atomic E-state index is 0.0875. The van der Waals surface area contributed by atoms with E-state index in [0.717, 1.165) is 25.0 Å². The SMILES string of the molecule is CC(C)(C)CC(N)CC(=O)c1cccc(OC2CC2)c1. The average Bonchev–Trinajstić information content (AvgIpc) is 3.10. The number of nitrogens with two attached hydrogens (primary N) is 1. The van der Waals surface area contributed by atoms with Gasteiger partial charge < -0.3 is 10.5 Å². The Hall–Kier alpha value is -1.35. The monoisotopic (exact) mass is 275 g/mol. The van der Waals surface area contributed by atoms with E-state index in [2.05, 4.69) is 20.8 Å². The van der Waals surface area contributed by atoms with Crippen LogP contribution in [0.15, 0.2) is 24.3 Å². The number of Topliss-reactive ketones (excluding diaryl/α,β-unsaturated/α-hetero) is 1. The van der Waals surface area contributed by atoms with Crippen LogP contribution in [0.1, 0.15) is 56.8 Å². The molecule has 1 saturated carbocycles. The fraction of sp³-hybridized carbons (Fsp3) is 0.588. The maximum absolute atomic E-state index is 12.3. The van der Waals surface area contributed by atoms with Crippen molar-refractivity contribution in [3.8, 4) is 5.75 Å². The molecule has 0 bridgehead atoms. The van der Waals surface area contributed by atoms with Gasteiger partial charge in [-0.05, 0) is 36.8 Å². The van der Waals surface area contributed by atoms with E-state index < -0.39 is 0 Å². The molecule has 0 amide bonds. The molecule has 1 aliphatic carbocycles. The molecule has 0 aromatic heterocycles. The van der Waals surface area contributed by atoms with Crippen LogP contribution in [0.3, 0.4) is 0 Å². The Morgan fingerprint density at radius 3 is 2.70 bits per heavy atom. The summed E-state index contributed by atoms with van der Waals surface area (Å²) in [5.41, 5.74) is 6.93. The molecule has 0 heterocycles. The summed E-state index contributed by atoms with van der Waals surface area (Å²) in [5, 5.41) is 0. The number of carbonyl (C=O) groups is 1. The van der Waals surface area contributed by atoms with Crippen LogP contribution in [0.5, 0.6) is 5.75 Å². The molecule has 2 N–H and O–H groups in total. The van der Waals surface area contributed by atoms with E-state index in [4.69, 9.17) is 10.5 Å². The van der Waals surface area contributed by atoms with E-state index in [9.17, 15) is 4.79 Å². The summed E-state index contributed by atoms with van der Waals surface area (Å²) in [5.74, 6) is 0.894. The van der Waals surface area contributed by atoms with Crippen LogP contribution >= 0.6 is 0 Å². The zero-order valence-electron chi connectivity index (χ0n) is 12.7. The van der Waals surface area contributed by atoms with E-state index in [1.54, 1.807) is 0 Å². The third kappa shape index (κ3) is 4.97. The Balaban J connectivity index is 1.94. The van der Waals surface area contributed by atoms with Gasteiger partial charge in [0, 0.05) is 18.0 Å². The van der Waals surface area contributed by atoms with E-state index in [1.807, 2.05) is 24.3 Å². The lowest BCUT2D eigenvalue weighted by molar-refractivity contribution is 0.0967. The van der Waals surface area contributed by atoms with Crippen LogP contribution in [-0.4, -0.2) is 17.9 Å². The van der Waals surface area contributed by atoms with Gasteiger partial charge in [0.15, 0.2) is 5.78 Å². The number of benzene rings is 1. The van der Waals surface area contributed by atoms with Crippen LogP contribution in [-0.2, 0) is 0 Å². The number of hydrogen-bond acceptors (Lipinski definition) is 3. The highest BCUT2D eigenvalue weighted by molar-refractivity contribution is 5.96. The van der Waals surface area contributed by atoms with Crippen LogP contribution in [0.25, 0.3) is 0 Å². The lowest BCUT2D eigenvalue weighted by Crippen LogP contribution is -2.29. The van der Waals surface area contributed by atoms with E-state index >= 15 is 0 Å². The lowest BCUT2D eigenvalue weighted by atomic mass is 9.86. The van der Waals surface area contributed by atoms with Crippen molar-refractivity contribution in [2.45, 2.75) is 58.6 Å². The van der Waals surface area contributed by atoms with Gasteiger partial charge in [0.25, 0.3) is 0 Å². The van der Waals surface area contributed by atoms with Crippen LogP contribution < -0.4 is 10.5 Å². The van der Waals surface area contributed by atoms with Crippen molar-refractivity contribution in [2.24, 2.45) is 11.1 Å². The maximum Gasteiger partial charge on any atom is 0.164 e. The molecule has 1 unspecified atom stereocenters.